The van der Waals surface area contributed by atoms with Crippen LogP contribution < -0.4 is 15.3 Å². The quantitative estimate of drug-likeness (QED) is 0.131. The number of carbonyl (C=O) groups is 4. The third-order valence-electron chi connectivity index (χ3n) is 3.21. The molecule has 170 valence electrons. The maximum Gasteiger partial charge on any atom is 2.00 e. The molecule has 0 aromatic carbocycles. The fraction of sp³-hybridized carbons (Fsp3) is 0.750. The molecule has 0 aliphatic carbocycles. The van der Waals surface area contributed by atoms with Gasteiger partial charge in [0.1, 0.15) is 31.0 Å². The number of esters is 1. The number of carboxylic acids is 3. The number of aliphatic hydroxyl groups excluding tert-OH is 4. The number of likely N-dealkylation sites (N-methyl/N-ethyl adjacent to an activating group) is 1. The number of quaternary nitrogens is 1. The molecule has 0 heterocycles. The zero-order chi connectivity index (χ0) is 23.5. The molecule has 0 aromatic rings. The summed E-state index contributed by atoms with van der Waals surface area (Å²) in [6.45, 7) is 2.13. The van der Waals surface area contributed by atoms with E-state index in [1.165, 1.54) is 0 Å². The van der Waals surface area contributed by atoms with Crippen LogP contribution in [0.3, 0.4) is 0 Å². The van der Waals surface area contributed by atoms with Gasteiger partial charge < -0.3 is 59.3 Å². The third kappa shape index (κ3) is 15.3. The first kappa shape index (κ1) is 33.1. The van der Waals surface area contributed by atoms with Crippen molar-refractivity contribution in [1.29, 1.82) is 0 Å². The Bertz CT molecular complexity index is 541. The Kier molecular flexibility index (Phi) is 16.9. The molecular weight excluding hydrogens is 422 g/mol. The smallest absolute Gasteiger partial charge is 0.550 e. The Labute approximate surface area is 189 Å². The van der Waals surface area contributed by atoms with E-state index in [1.54, 1.807) is 6.92 Å². The van der Waals surface area contributed by atoms with Crippen molar-refractivity contribution in [2.75, 3.05) is 27.7 Å². The van der Waals surface area contributed by atoms with Gasteiger partial charge in [0.05, 0.1) is 33.1 Å². The van der Waals surface area contributed by atoms with Crippen molar-refractivity contribution in [3.05, 3.63) is 0 Å². The van der Waals surface area contributed by atoms with Crippen molar-refractivity contribution < 1.29 is 64.1 Å². The molecule has 0 aromatic heterocycles. The predicted molar refractivity (Wildman–Crippen MR) is 92.5 cm³/mol. The molecular formula is C16H27MgNO12. The minimum Gasteiger partial charge on any atom is -0.550 e. The van der Waals surface area contributed by atoms with Gasteiger partial charge in [0.2, 0.25) is 0 Å². The topological polar surface area (TPSA) is 228 Å². The number of hydrogen-bond acceptors (Lipinski definition) is 12. The number of rotatable bonds is 11. The number of nitrogens with zero attached hydrogens (tertiary/aromatic N) is 1. The first-order valence-electron chi connectivity index (χ1n) is 8.37. The van der Waals surface area contributed by atoms with Crippen molar-refractivity contribution in [1.82, 2.24) is 0 Å². The van der Waals surface area contributed by atoms with E-state index < -0.39 is 48.4 Å². The van der Waals surface area contributed by atoms with Crippen molar-refractivity contribution in [3.63, 3.8) is 0 Å². The van der Waals surface area contributed by atoms with Gasteiger partial charge in [-0.25, -0.2) is 0 Å². The molecule has 0 bridgehead atoms. The number of ether oxygens (including phenoxy) is 1. The summed E-state index contributed by atoms with van der Waals surface area (Å²) in [4.78, 5) is 41.4. The van der Waals surface area contributed by atoms with Gasteiger partial charge >= 0.3 is 29.0 Å². The van der Waals surface area contributed by atoms with Crippen LogP contribution in [0.1, 0.15) is 19.8 Å². The molecule has 13 nitrogen and oxygen atoms in total. The summed E-state index contributed by atoms with van der Waals surface area (Å²) in [5, 5.41) is 65.2. The minimum atomic E-state index is -2.50. The summed E-state index contributed by atoms with van der Waals surface area (Å²) >= 11 is 0. The zero-order valence-electron chi connectivity index (χ0n) is 17.2. The van der Waals surface area contributed by atoms with Gasteiger partial charge in [-0.2, -0.15) is 0 Å². The Morgan fingerprint density at radius 1 is 0.867 bits per heavy atom. The fourth-order valence-corrected chi connectivity index (χ4v) is 1.86. The van der Waals surface area contributed by atoms with Crippen LogP contribution in [0.15, 0.2) is 0 Å². The van der Waals surface area contributed by atoms with E-state index in [2.05, 4.69) is 0 Å². The molecule has 14 heteroatoms. The Balaban J connectivity index is -0.000000471. The maximum absolute atomic E-state index is 11.0. The molecule has 0 fully saturated rings. The number of aliphatic carboxylic acids is 3. The van der Waals surface area contributed by atoms with Crippen LogP contribution in [0.2, 0.25) is 0 Å². The van der Waals surface area contributed by atoms with Crippen molar-refractivity contribution in [3.8, 4) is 0 Å². The van der Waals surface area contributed by atoms with Crippen molar-refractivity contribution >= 4 is 46.9 Å². The standard InChI is InChI=1S/C10H19NO4.C6H10O8.Mg/c1-5-10(14)15-8(6-9(12)13)7-11(2,3)4;7-1(3(9)5(11)12)2(8)4(10)6(13)14;/h8H,5-7H2,1-4H3;1-4,7-10H,(H,11,12)(H,13,14);/q;;+2/p-2/t8-;;/m1../s1. The van der Waals surface area contributed by atoms with E-state index in [0.717, 1.165) is 0 Å². The van der Waals surface area contributed by atoms with Crippen molar-refractivity contribution in [2.45, 2.75) is 50.3 Å². The molecule has 30 heavy (non-hydrogen) atoms. The predicted octanol–water partition coefficient (Wildman–Crippen LogP) is -7.30. The van der Waals surface area contributed by atoms with Gasteiger partial charge in [0.25, 0.3) is 0 Å². The summed E-state index contributed by atoms with van der Waals surface area (Å²) in [6.07, 6.45) is -10.4. The Hall–Kier alpha value is -1.55. The molecule has 0 rings (SSSR count). The van der Waals surface area contributed by atoms with E-state index in [1.807, 2.05) is 21.1 Å². The van der Waals surface area contributed by atoms with Crippen LogP contribution >= 0.6 is 0 Å². The van der Waals surface area contributed by atoms with Crippen LogP contribution in [0.5, 0.6) is 0 Å². The summed E-state index contributed by atoms with van der Waals surface area (Å²) in [7, 11) is 5.71. The van der Waals surface area contributed by atoms with Gasteiger partial charge in [-0.15, -0.1) is 0 Å². The zero-order valence-corrected chi connectivity index (χ0v) is 18.6. The van der Waals surface area contributed by atoms with Gasteiger partial charge in [-0.3, -0.25) is 4.79 Å². The molecule has 0 radical (unpaired) electrons. The average molecular weight is 450 g/mol. The van der Waals surface area contributed by atoms with Crippen LogP contribution in [-0.2, 0) is 23.9 Å². The molecule has 0 spiro atoms. The number of aliphatic hydroxyl groups is 4. The van der Waals surface area contributed by atoms with Gasteiger partial charge in [-0.1, -0.05) is 6.92 Å². The van der Waals surface area contributed by atoms with Gasteiger partial charge in [-0.05, 0) is 0 Å². The molecule has 5 atom stereocenters. The molecule has 0 amide bonds. The molecule has 4 N–H and O–H groups in total. The molecule has 0 aliphatic heterocycles. The number of carbonyl (C=O) groups excluding carboxylic acids is 4. The molecule has 0 saturated heterocycles. The van der Waals surface area contributed by atoms with E-state index in [9.17, 15) is 34.5 Å². The number of hydrogen-bond donors (Lipinski definition) is 4. The summed E-state index contributed by atoms with van der Waals surface area (Å²) in [6, 6.07) is 0. The van der Waals surface area contributed by atoms with E-state index in [4.69, 9.17) is 25.2 Å². The first-order chi connectivity index (χ1) is 13.0. The fourth-order valence-electron chi connectivity index (χ4n) is 1.86. The summed E-state index contributed by atoms with van der Waals surface area (Å²) in [5.41, 5.74) is 0. The van der Waals surface area contributed by atoms with Crippen LogP contribution in [-0.4, -0.2) is 130 Å². The van der Waals surface area contributed by atoms with E-state index in [0.29, 0.717) is 11.0 Å². The van der Waals surface area contributed by atoms with Gasteiger partial charge in [0, 0.05) is 18.8 Å². The second-order valence-corrected chi connectivity index (χ2v) is 7.02. The normalized spacial score (nSPS) is 15.7. The average Bonchev–Trinajstić information content (AvgIpc) is 2.57. The summed E-state index contributed by atoms with van der Waals surface area (Å²) < 4.78 is 5.55. The van der Waals surface area contributed by atoms with Crippen LogP contribution in [0, 0.1) is 0 Å². The van der Waals surface area contributed by atoms with Crippen molar-refractivity contribution in [2.24, 2.45) is 0 Å². The van der Waals surface area contributed by atoms with Crippen LogP contribution in [0.4, 0.5) is 0 Å². The largest absolute Gasteiger partial charge is 2.00 e. The summed E-state index contributed by atoms with van der Waals surface area (Å²) in [5.74, 6) is -5.80. The minimum absolute atomic E-state index is 0. The second-order valence-electron chi connectivity index (χ2n) is 7.02. The number of carboxylic acid groups (broad SMARTS) is 3. The molecule has 0 aliphatic rings. The first-order valence-corrected chi connectivity index (χ1v) is 8.37. The molecule has 4 unspecified atom stereocenters. The Morgan fingerprint density at radius 2 is 1.23 bits per heavy atom. The SMILES string of the molecule is CCC(=O)O[C@H](CC(=O)[O-])C[N+](C)(C)C.O=C([O-])C(O)C(O)C(O)C(O)C(=O)[O-].[Mg+2]. The monoisotopic (exact) mass is 449 g/mol. The van der Waals surface area contributed by atoms with E-state index >= 15 is 0 Å². The Morgan fingerprint density at radius 3 is 1.47 bits per heavy atom. The second kappa shape index (κ2) is 15.3. The van der Waals surface area contributed by atoms with E-state index in [-0.39, 0.29) is 41.9 Å². The third-order valence-corrected chi connectivity index (χ3v) is 3.21. The van der Waals surface area contributed by atoms with Crippen LogP contribution in [0.25, 0.3) is 0 Å². The molecule has 0 saturated carbocycles. The maximum atomic E-state index is 11.0. The van der Waals surface area contributed by atoms with Gasteiger partial charge in [0.15, 0.2) is 6.10 Å².